The quantitative estimate of drug-likeness (QED) is 0.808. The van der Waals surface area contributed by atoms with Crippen LogP contribution in [0.1, 0.15) is 27.2 Å². The zero-order chi connectivity index (χ0) is 13.6. The van der Waals surface area contributed by atoms with E-state index in [1.165, 1.54) is 0 Å². The number of ether oxygens (including phenoxy) is 1. The van der Waals surface area contributed by atoms with Crippen LogP contribution >= 0.6 is 0 Å². The lowest BCUT2D eigenvalue weighted by atomic mass is 9.86. The predicted molar refractivity (Wildman–Crippen MR) is 71.5 cm³/mol. The van der Waals surface area contributed by atoms with Gasteiger partial charge in [-0.1, -0.05) is 6.92 Å². The first-order valence-corrected chi connectivity index (χ1v) is 6.16. The number of carbonyl (C=O) groups excluding carboxylic acids is 1. The Kier molecular flexibility index (Phi) is 5.09. The molecule has 0 saturated carbocycles. The van der Waals surface area contributed by atoms with Crippen LogP contribution in [0.25, 0.3) is 0 Å². The molecule has 1 aromatic heterocycles. The maximum Gasteiger partial charge on any atom is 0.237 e. The van der Waals surface area contributed by atoms with E-state index in [-0.39, 0.29) is 5.91 Å². The summed E-state index contributed by atoms with van der Waals surface area (Å²) in [7, 11) is 0. The second-order valence-electron chi connectivity index (χ2n) is 4.36. The van der Waals surface area contributed by atoms with Crippen molar-refractivity contribution < 1.29 is 9.53 Å². The van der Waals surface area contributed by atoms with Crippen molar-refractivity contribution in [2.75, 3.05) is 18.5 Å². The fourth-order valence-corrected chi connectivity index (χ4v) is 1.41. The minimum Gasteiger partial charge on any atom is -0.476 e. The molecule has 0 bridgehead atoms. The third kappa shape index (κ3) is 3.20. The molecule has 0 aromatic carbocycles. The van der Waals surface area contributed by atoms with Gasteiger partial charge in [-0.05, 0) is 32.4 Å². The number of carbonyl (C=O) groups is 1. The van der Waals surface area contributed by atoms with Crippen LogP contribution in [0.4, 0.5) is 5.69 Å². The molecule has 0 saturated heterocycles. The third-order valence-corrected chi connectivity index (χ3v) is 3.08. The van der Waals surface area contributed by atoms with Crippen molar-refractivity contribution >= 4 is 11.6 Å². The highest BCUT2D eigenvalue weighted by molar-refractivity contribution is 5.96. The van der Waals surface area contributed by atoms with Crippen LogP contribution in [0, 0.1) is 5.41 Å². The largest absolute Gasteiger partial charge is 0.476 e. The molecule has 0 fully saturated rings. The van der Waals surface area contributed by atoms with E-state index < -0.39 is 5.41 Å². The summed E-state index contributed by atoms with van der Waals surface area (Å²) in [4.78, 5) is 16.3. The van der Waals surface area contributed by atoms with Gasteiger partial charge in [0.1, 0.15) is 5.69 Å². The van der Waals surface area contributed by atoms with Gasteiger partial charge in [0.05, 0.1) is 12.0 Å². The summed E-state index contributed by atoms with van der Waals surface area (Å²) in [5.74, 6) is 0.324. The molecule has 1 rings (SSSR count). The first kappa shape index (κ1) is 14.4. The van der Waals surface area contributed by atoms with Gasteiger partial charge in [0.2, 0.25) is 11.8 Å². The van der Waals surface area contributed by atoms with Crippen LogP contribution in [0.5, 0.6) is 5.88 Å². The Balaban J connectivity index is 2.87. The van der Waals surface area contributed by atoms with E-state index in [0.29, 0.717) is 31.1 Å². The van der Waals surface area contributed by atoms with Crippen molar-refractivity contribution in [2.24, 2.45) is 11.1 Å². The average Bonchev–Trinajstić information content (AvgIpc) is 2.40. The number of pyridine rings is 1. The molecule has 0 aliphatic rings. The van der Waals surface area contributed by atoms with Gasteiger partial charge in [-0.2, -0.15) is 0 Å². The van der Waals surface area contributed by atoms with E-state index in [2.05, 4.69) is 10.3 Å². The molecule has 0 spiro atoms. The first-order valence-electron chi connectivity index (χ1n) is 6.16. The van der Waals surface area contributed by atoms with E-state index in [1.54, 1.807) is 18.3 Å². The number of rotatable bonds is 6. The van der Waals surface area contributed by atoms with Crippen molar-refractivity contribution in [1.82, 2.24) is 4.98 Å². The minimum atomic E-state index is -0.570. The minimum absolute atomic E-state index is 0.110. The summed E-state index contributed by atoms with van der Waals surface area (Å²) >= 11 is 0. The lowest BCUT2D eigenvalue weighted by Crippen LogP contribution is -2.39. The van der Waals surface area contributed by atoms with Gasteiger partial charge < -0.3 is 15.8 Å². The lowest BCUT2D eigenvalue weighted by Gasteiger charge is -2.25. The highest BCUT2D eigenvalue weighted by atomic mass is 16.5. The zero-order valence-electron chi connectivity index (χ0n) is 11.2. The molecule has 1 heterocycles. The number of hydrogen-bond donors (Lipinski definition) is 2. The predicted octanol–water partition coefficient (Wildman–Crippen LogP) is 1.79. The Bertz CT molecular complexity index is 403. The van der Waals surface area contributed by atoms with Crippen molar-refractivity contribution in [1.29, 1.82) is 0 Å². The van der Waals surface area contributed by atoms with E-state index in [0.717, 1.165) is 0 Å². The summed E-state index contributed by atoms with van der Waals surface area (Å²) in [5.41, 5.74) is 5.67. The molecule has 1 unspecified atom stereocenters. The van der Waals surface area contributed by atoms with Gasteiger partial charge in [0, 0.05) is 12.7 Å². The Labute approximate surface area is 108 Å². The molecule has 1 amide bonds. The van der Waals surface area contributed by atoms with Crippen LogP contribution < -0.4 is 15.8 Å². The standard InChI is InChI=1S/C13H21N3O2/c1-4-13(3,9-14)12(17)16-10-7-6-8-15-11(10)18-5-2/h6-8H,4-5,9,14H2,1-3H3,(H,16,17). The summed E-state index contributed by atoms with van der Waals surface area (Å²) < 4.78 is 5.36. The van der Waals surface area contributed by atoms with Crippen LogP contribution in [-0.4, -0.2) is 24.0 Å². The van der Waals surface area contributed by atoms with E-state index >= 15 is 0 Å². The molecule has 0 radical (unpaired) electrons. The Hall–Kier alpha value is -1.62. The van der Waals surface area contributed by atoms with Crippen molar-refractivity contribution in [3.05, 3.63) is 18.3 Å². The Morgan fingerprint density at radius 1 is 1.56 bits per heavy atom. The van der Waals surface area contributed by atoms with Gasteiger partial charge in [-0.15, -0.1) is 0 Å². The topological polar surface area (TPSA) is 77.2 Å². The SMILES string of the molecule is CCOc1ncccc1NC(=O)C(C)(CC)CN. The van der Waals surface area contributed by atoms with Crippen molar-refractivity contribution in [3.8, 4) is 5.88 Å². The Morgan fingerprint density at radius 2 is 2.28 bits per heavy atom. The fourth-order valence-electron chi connectivity index (χ4n) is 1.41. The molecule has 3 N–H and O–H groups in total. The van der Waals surface area contributed by atoms with Gasteiger partial charge in [-0.3, -0.25) is 4.79 Å². The fraction of sp³-hybridized carbons (Fsp3) is 0.538. The highest BCUT2D eigenvalue weighted by Crippen LogP contribution is 2.25. The average molecular weight is 251 g/mol. The lowest BCUT2D eigenvalue weighted by molar-refractivity contribution is -0.124. The van der Waals surface area contributed by atoms with Gasteiger partial charge >= 0.3 is 0 Å². The molecule has 1 atom stereocenters. The van der Waals surface area contributed by atoms with E-state index in [4.69, 9.17) is 10.5 Å². The van der Waals surface area contributed by atoms with E-state index in [1.807, 2.05) is 20.8 Å². The summed E-state index contributed by atoms with van der Waals surface area (Å²) in [6.07, 6.45) is 2.31. The monoisotopic (exact) mass is 251 g/mol. The van der Waals surface area contributed by atoms with Gasteiger partial charge in [-0.25, -0.2) is 4.98 Å². The summed E-state index contributed by atoms with van der Waals surface area (Å²) in [6.45, 7) is 6.47. The van der Waals surface area contributed by atoms with Crippen LogP contribution in [0.2, 0.25) is 0 Å². The third-order valence-electron chi connectivity index (χ3n) is 3.08. The Morgan fingerprint density at radius 3 is 2.83 bits per heavy atom. The smallest absolute Gasteiger partial charge is 0.237 e. The summed E-state index contributed by atoms with van der Waals surface area (Å²) in [6, 6.07) is 3.52. The van der Waals surface area contributed by atoms with Gasteiger partial charge in [0.15, 0.2) is 0 Å². The maximum absolute atomic E-state index is 12.2. The van der Waals surface area contributed by atoms with Crippen LogP contribution in [0.15, 0.2) is 18.3 Å². The van der Waals surface area contributed by atoms with E-state index in [9.17, 15) is 4.79 Å². The molecule has 0 aliphatic heterocycles. The van der Waals surface area contributed by atoms with Crippen molar-refractivity contribution in [2.45, 2.75) is 27.2 Å². The highest BCUT2D eigenvalue weighted by Gasteiger charge is 2.30. The van der Waals surface area contributed by atoms with Crippen molar-refractivity contribution in [3.63, 3.8) is 0 Å². The molecule has 5 heteroatoms. The molecular formula is C13H21N3O2. The summed E-state index contributed by atoms with van der Waals surface area (Å²) in [5, 5.41) is 2.83. The number of nitrogens with two attached hydrogens (primary N) is 1. The molecule has 0 aliphatic carbocycles. The second-order valence-corrected chi connectivity index (χ2v) is 4.36. The van der Waals surface area contributed by atoms with Gasteiger partial charge in [0.25, 0.3) is 0 Å². The van der Waals surface area contributed by atoms with Crippen LogP contribution in [0.3, 0.4) is 0 Å². The number of aromatic nitrogens is 1. The molecule has 1 aromatic rings. The first-order chi connectivity index (χ1) is 8.57. The van der Waals surface area contributed by atoms with Crippen LogP contribution in [-0.2, 0) is 4.79 Å². The number of nitrogens with zero attached hydrogens (tertiary/aromatic N) is 1. The number of nitrogens with one attached hydrogen (secondary N) is 1. The zero-order valence-corrected chi connectivity index (χ0v) is 11.2. The normalized spacial score (nSPS) is 13.8. The number of anilines is 1. The molecule has 18 heavy (non-hydrogen) atoms. The number of hydrogen-bond acceptors (Lipinski definition) is 4. The maximum atomic E-state index is 12.2. The molecular weight excluding hydrogens is 230 g/mol. The second kappa shape index (κ2) is 6.35. The number of amides is 1. The molecule has 5 nitrogen and oxygen atoms in total. The molecule has 100 valence electrons.